The van der Waals surface area contributed by atoms with Crippen LogP contribution in [0.5, 0.6) is 0 Å². The van der Waals surface area contributed by atoms with Gasteiger partial charge in [-0.2, -0.15) is 0 Å². The first-order valence-corrected chi connectivity index (χ1v) is 7.55. The number of aromatic nitrogens is 2. The van der Waals surface area contributed by atoms with Gasteiger partial charge in [0.15, 0.2) is 0 Å². The highest BCUT2D eigenvalue weighted by Crippen LogP contribution is 2.35. The minimum Gasteiger partial charge on any atom is -0.481 e. The van der Waals surface area contributed by atoms with Crippen LogP contribution in [0.1, 0.15) is 62.4 Å². The molecule has 4 nitrogen and oxygen atoms in total. The van der Waals surface area contributed by atoms with Crippen LogP contribution < -0.4 is 0 Å². The number of carboxylic acid groups (broad SMARTS) is 1. The van der Waals surface area contributed by atoms with Gasteiger partial charge >= 0.3 is 5.97 Å². The Bertz CT molecular complexity index is 467. The van der Waals surface area contributed by atoms with E-state index in [0.29, 0.717) is 0 Å². The largest absolute Gasteiger partial charge is 0.481 e. The molecule has 104 valence electrons. The fourth-order valence-corrected chi connectivity index (χ4v) is 3.69. The van der Waals surface area contributed by atoms with Crippen LogP contribution in [0.15, 0.2) is 6.33 Å². The molecular weight excluding hydrogens is 240 g/mol. The number of fused-ring (bicyclic) bond motifs is 1. The molecule has 0 spiro atoms. The van der Waals surface area contributed by atoms with E-state index in [1.807, 2.05) is 6.33 Å². The van der Waals surface area contributed by atoms with Crippen molar-refractivity contribution in [1.29, 1.82) is 0 Å². The predicted molar refractivity (Wildman–Crippen MR) is 72.1 cm³/mol. The molecule has 3 rings (SSSR count). The zero-order valence-electron chi connectivity index (χ0n) is 11.3. The van der Waals surface area contributed by atoms with Gasteiger partial charge in [0.05, 0.1) is 17.9 Å². The van der Waals surface area contributed by atoms with Crippen LogP contribution in [0, 0.1) is 5.92 Å². The monoisotopic (exact) mass is 262 g/mol. The second kappa shape index (κ2) is 5.35. The molecule has 1 fully saturated rings. The number of imidazole rings is 1. The Kier molecular flexibility index (Phi) is 3.58. The number of rotatable bonds is 2. The summed E-state index contributed by atoms with van der Waals surface area (Å²) in [6, 6.07) is 0.120. The van der Waals surface area contributed by atoms with Crippen molar-refractivity contribution in [3.05, 3.63) is 17.7 Å². The molecule has 2 atom stereocenters. The minimum absolute atomic E-state index is 0.120. The highest BCUT2D eigenvalue weighted by atomic mass is 16.4. The maximum absolute atomic E-state index is 11.5. The average molecular weight is 262 g/mol. The first kappa shape index (κ1) is 12.7. The summed E-state index contributed by atoms with van der Waals surface area (Å²) in [6.07, 6.45) is 11.6. The van der Waals surface area contributed by atoms with E-state index in [1.54, 1.807) is 0 Å². The van der Waals surface area contributed by atoms with E-state index in [0.717, 1.165) is 44.9 Å². The van der Waals surface area contributed by atoms with Gasteiger partial charge in [0.25, 0.3) is 0 Å². The fourth-order valence-electron chi connectivity index (χ4n) is 3.69. The Morgan fingerprint density at radius 3 is 2.79 bits per heavy atom. The van der Waals surface area contributed by atoms with Crippen molar-refractivity contribution in [2.75, 3.05) is 0 Å². The van der Waals surface area contributed by atoms with Crippen LogP contribution in [0.25, 0.3) is 0 Å². The highest BCUT2D eigenvalue weighted by Gasteiger charge is 2.32. The standard InChI is InChI=1S/C15H22N2O2/c18-15(19)11-6-2-1-3-8-13(11)17-10-16-12-7-4-5-9-14(12)17/h10-11,13H,1-9H2,(H,18,19). The quantitative estimate of drug-likeness (QED) is 0.834. The molecule has 2 aliphatic carbocycles. The van der Waals surface area contributed by atoms with Crippen molar-refractivity contribution < 1.29 is 9.90 Å². The molecule has 4 heteroatoms. The van der Waals surface area contributed by atoms with Gasteiger partial charge in [-0.25, -0.2) is 4.98 Å². The maximum atomic E-state index is 11.5. The van der Waals surface area contributed by atoms with Gasteiger partial charge in [-0.05, 0) is 38.5 Å². The summed E-state index contributed by atoms with van der Waals surface area (Å²) in [6.45, 7) is 0. The van der Waals surface area contributed by atoms with E-state index in [4.69, 9.17) is 0 Å². The molecule has 0 saturated heterocycles. The average Bonchev–Trinajstić information content (AvgIpc) is 2.67. The smallest absolute Gasteiger partial charge is 0.308 e. The molecule has 0 radical (unpaired) electrons. The SMILES string of the molecule is O=C(O)C1CCCCCC1n1cnc2c1CCCC2. The molecule has 1 aromatic heterocycles. The molecule has 1 aromatic rings. The first-order chi connectivity index (χ1) is 9.27. The van der Waals surface area contributed by atoms with Gasteiger partial charge in [0.2, 0.25) is 0 Å². The lowest BCUT2D eigenvalue weighted by Gasteiger charge is -2.26. The highest BCUT2D eigenvalue weighted by molar-refractivity contribution is 5.70. The van der Waals surface area contributed by atoms with Crippen LogP contribution in [0.3, 0.4) is 0 Å². The van der Waals surface area contributed by atoms with E-state index >= 15 is 0 Å². The van der Waals surface area contributed by atoms with Crippen molar-refractivity contribution in [1.82, 2.24) is 9.55 Å². The fraction of sp³-hybridized carbons (Fsp3) is 0.733. The number of hydrogen-bond donors (Lipinski definition) is 1. The number of aliphatic carboxylic acids is 1. The molecule has 0 amide bonds. The molecule has 1 heterocycles. The Morgan fingerprint density at radius 2 is 1.95 bits per heavy atom. The van der Waals surface area contributed by atoms with Crippen molar-refractivity contribution in [3.63, 3.8) is 0 Å². The van der Waals surface area contributed by atoms with Crippen molar-refractivity contribution in [3.8, 4) is 0 Å². The van der Waals surface area contributed by atoms with Crippen LogP contribution >= 0.6 is 0 Å². The lowest BCUT2D eigenvalue weighted by molar-refractivity contribution is -0.143. The normalized spacial score (nSPS) is 27.6. The Balaban J connectivity index is 1.93. The molecule has 2 unspecified atom stereocenters. The van der Waals surface area contributed by atoms with E-state index in [2.05, 4.69) is 9.55 Å². The summed E-state index contributed by atoms with van der Waals surface area (Å²) in [4.78, 5) is 16.1. The Morgan fingerprint density at radius 1 is 1.16 bits per heavy atom. The predicted octanol–water partition coefficient (Wildman–Crippen LogP) is 2.97. The Hall–Kier alpha value is -1.32. The molecule has 1 saturated carbocycles. The van der Waals surface area contributed by atoms with Crippen LogP contribution in [0.4, 0.5) is 0 Å². The lowest BCUT2D eigenvalue weighted by Crippen LogP contribution is -2.27. The van der Waals surface area contributed by atoms with E-state index in [-0.39, 0.29) is 12.0 Å². The zero-order chi connectivity index (χ0) is 13.2. The zero-order valence-corrected chi connectivity index (χ0v) is 11.3. The number of nitrogens with zero attached hydrogens (tertiary/aromatic N) is 2. The third kappa shape index (κ3) is 2.40. The molecular formula is C15H22N2O2. The molecule has 0 aromatic carbocycles. The molecule has 2 aliphatic rings. The molecule has 0 aliphatic heterocycles. The third-order valence-corrected chi connectivity index (χ3v) is 4.71. The summed E-state index contributed by atoms with van der Waals surface area (Å²) >= 11 is 0. The summed E-state index contributed by atoms with van der Waals surface area (Å²) in [5, 5.41) is 9.50. The van der Waals surface area contributed by atoms with Gasteiger partial charge in [-0.1, -0.05) is 19.3 Å². The summed E-state index contributed by atoms with van der Waals surface area (Å²) in [7, 11) is 0. The lowest BCUT2D eigenvalue weighted by atomic mass is 9.93. The van der Waals surface area contributed by atoms with E-state index in [1.165, 1.54) is 24.2 Å². The number of carbonyl (C=O) groups is 1. The minimum atomic E-state index is -0.634. The van der Waals surface area contributed by atoms with Gasteiger partial charge in [-0.3, -0.25) is 4.79 Å². The van der Waals surface area contributed by atoms with Gasteiger partial charge in [-0.15, -0.1) is 0 Å². The second-order valence-corrected chi connectivity index (χ2v) is 5.90. The second-order valence-electron chi connectivity index (χ2n) is 5.90. The topological polar surface area (TPSA) is 55.1 Å². The molecule has 0 bridgehead atoms. The van der Waals surface area contributed by atoms with Gasteiger partial charge in [0.1, 0.15) is 0 Å². The number of aryl methyl sites for hydroxylation is 1. The number of hydrogen-bond acceptors (Lipinski definition) is 2. The van der Waals surface area contributed by atoms with Crippen molar-refractivity contribution >= 4 is 5.97 Å². The molecule has 19 heavy (non-hydrogen) atoms. The van der Waals surface area contributed by atoms with E-state index in [9.17, 15) is 9.90 Å². The van der Waals surface area contributed by atoms with Gasteiger partial charge < -0.3 is 9.67 Å². The van der Waals surface area contributed by atoms with Crippen LogP contribution in [0.2, 0.25) is 0 Å². The van der Waals surface area contributed by atoms with Crippen molar-refractivity contribution in [2.24, 2.45) is 5.92 Å². The summed E-state index contributed by atoms with van der Waals surface area (Å²) in [5.41, 5.74) is 2.52. The van der Waals surface area contributed by atoms with Gasteiger partial charge in [0, 0.05) is 11.7 Å². The Labute approximate surface area is 113 Å². The summed E-state index contributed by atoms with van der Waals surface area (Å²) < 4.78 is 2.21. The summed E-state index contributed by atoms with van der Waals surface area (Å²) in [5.74, 6) is -0.868. The van der Waals surface area contributed by atoms with Crippen LogP contribution in [-0.4, -0.2) is 20.6 Å². The first-order valence-electron chi connectivity index (χ1n) is 7.55. The number of carboxylic acids is 1. The molecule has 1 N–H and O–H groups in total. The van der Waals surface area contributed by atoms with Crippen molar-refractivity contribution in [2.45, 2.75) is 63.8 Å². The van der Waals surface area contributed by atoms with Crippen LogP contribution in [-0.2, 0) is 17.6 Å². The van der Waals surface area contributed by atoms with E-state index < -0.39 is 5.97 Å². The maximum Gasteiger partial charge on any atom is 0.308 e. The third-order valence-electron chi connectivity index (χ3n) is 4.71.